The van der Waals surface area contributed by atoms with Gasteiger partial charge in [-0.1, -0.05) is 6.07 Å². The Morgan fingerprint density at radius 1 is 1.17 bits per heavy atom. The van der Waals surface area contributed by atoms with E-state index in [0.717, 1.165) is 10.4 Å². The predicted molar refractivity (Wildman–Crippen MR) is 85.2 cm³/mol. The summed E-state index contributed by atoms with van der Waals surface area (Å²) in [4.78, 5) is 12.2. The molecule has 0 N–H and O–H groups in total. The normalized spacial score (nSPS) is 10.5. The molecule has 0 radical (unpaired) electrons. The SMILES string of the molecule is CCOC(=O)COc1ccc(-c2nnc(-c3cccs3)o2)cc1. The van der Waals surface area contributed by atoms with Crippen LogP contribution in [0, 0.1) is 0 Å². The topological polar surface area (TPSA) is 74.5 Å². The van der Waals surface area contributed by atoms with Crippen molar-refractivity contribution in [1.82, 2.24) is 10.2 Å². The molecule has 118 valence electrons. The van der Waals surface area contributed by atoms with Gasteiger partial charge in [0, 0.05) is 5.56 Å². The van der Waals surface area contributed by atoms with Gasteiger partial charge in [0.2, 0.25) is 5.89 Å². The molecule has 0 bridgehead atoms. The predicted octanol–water partition coefficient (Wildman–Crippen LogP) is 3.41. The highest BCUT2D eigenvalue weighted by Crippen LogP contribution is 2.27. The molecule has 0 fully saturated rings. The molecule has 0 atom stereocenters. The highest BCUT2D eigenvalue weighted by atomic mass is 32.1. The Morgan fingerprint density at radius 2 is 1.96 bits per heavy atom. The van der Waals surface area contributed by atoms with Crippen LogP contribution in [0.4, 0.5) is 0 Å². The zero-order valence-electron chi connectivity index (χ0n) is 12.4. The first-order valence-corrected chi connectivity index (χ1v) is 7.90. The van der Waals surface area contributed by atoms with Crippen LogP contribution in [0.2, 0.25) is 0 Å². The Morgan fingerprint density at radius 3 is 2.65 bits per heavy atom. The number of carbonyl (C=O) groups is 1. The highest BCUT2D eigenvalue weighted by Gasteiger charge is 2.11. The van der Waals surface area contributed by atoms with E-state index in [1.165, 1.54) is 0 Å². The van der Waals surface area contributed by atoms with E-state index in [0.29, 0.717) is 24.1 Å². The van der Waals surface area contributed by atoms with Crippen LogP contribution >= 0.6 is 11.3 Å². The molecule has 0 saturated heterocycles. The molecule has 0 aliphatic rings. The second-order valence-corrected chi connectivity index (χ2v) is 5.46. The Balaban J connectivity index is 1.66. The number of rotatable bonds is 6. The fourth-order valence-corrected chi connectivity index (χ4v) is 2.52. The minimum Gasteiger partial charge on any atom is -0.482 e. The second-order valence-electron chi connectivity index (χ2n) is 4.51. The van der Waals surface area contributed by atoms with Gasteiger partial charge < -0.3 is 13.9 Å². The van der Waals surface area contributed by atoms with E-state index >= 15 is 0 Å². The summed E-state index contributed by atoms with van der Waals surface area (Å²) >= 11 is 1.54. The Labute approximate surface area is 136 Å². The molecule has 2 heterocycles. The van der Waals surface area contributed by atoms with Crippen molar-refractivity contribution < 1.29 is 18.7 Å². The van der Waals surface area contributed by atoms with Gasteiger partial charge in [0.15, 0.2) is 6.61 Å². The largest absolute Gasteiger partial charge is 0.482 e. The molecular formula is C16H14N2O4S. The first-order chi connectivity index (χ1) is 11.3. The second kappa shape index (κ2) is 7.06. The third-order valence-electron chi connectivity index (χ3n) is 2.92. The molecule has 0 unspecified atom stereocenters. The lowest BCUT2D eigenvalue weighted by Crippen LogP contribution is -2.14. The van der Waals surface area contributed by atoms with Gasteiger partial charge in [0.1, 0.15) is 5.75 Å². The summed E-state index contributed by atoms with van der Waals surface area (Å²) < 4.78 is 15.8. The van der Waals surface area contributed by atoms with Crippen LogP contribution in [-0.4, -0.2) is 29.4 Å². The van der Waals surface area contributed by atoms with E-state index in [9.17, 15) is 4.79 Å². The fraction of sp³-hybridized carbons (Fsp3) is 0.188. The van der Waals surface area contributed by atoms with Gasteiger partial charge in [-0.3, -0.25) is 0 Å². The van der Waals surface area contributed by atoms with Crippen LogP contribution in [-0.2, 0) is 9.53 Å². The molecule has 0 amide bonds. The van der Waals surface area contributed by atoms with Gasteiger partial charge in [-0.25, -0.2) is 4.79 Å². The lowest BCUT2D eigenvalue weighted by atomic mass is 10.2. The van der Waals surface area contributed by atoms with Crippen LogP contribution in [0.25, 0.3) is 22.2 Å². The third-order valence-corrected chi connectivity index (χ3v) is 3.78. The molecule has 2 aromatic heterocycles. The van der Waals surface area contributed by atoms with E-state index in [-0.39, 0.29) is 6.61 Å². The number of thiophene rings is 1. The highest BCUT2D eigenvalue weighted by molar-refractivity contribution is 7.13. The Hall–Kier alpha value is -2.67. The number of esters is 1. The molecule has 0 aliphatic carbocycles. The zero-order valence-corrected chi connectivity index (χ0v) is 13.2. The van der Waals surface area contributed by atoms with Crippen LogP contribution in [0.3, 0.4) is 0 Å². The van der Waals surface area contributed by atoms with E-state index < -0.39 is 5.97 Å². The van der Waals surface area contributed by atoms with Crippen LogP contribution in [0.5, 0.6) is 5.75 Å². The maximum absolute atomic E-state index is 11.2. The molecular weight excluding hydrogens is 316 g/mol. The molecule has 0 aliphatic heterocycles. The van der Waals surface area contributed by atoms with Crippen molar-refractivity contribution in [3.63, 3.8) is 0 Å². The summed E-state index contributed by atoms with van der Waals surface area (Å²) in [5, 5.41) is 10.0. The Bertz CT molecular complexity index is 766. The number of ether oxygens (including phenoxy) is 2. The van der Waals surface area contributed by atoms with Gasteiger partial charge in [0.25, 0.3) is 5.89 Å². The van der Waals surface area contributed by atoms with Gasteiger partial charge in [-0.2, -0.15) is 0 Å². The zero-order chi connectivity index (χ0) is 16.1. The van der Waals surface area contributed by atoms with Gasteiger partial charge in [-0.05, 0) is 42.6 Å². The lowest BCUT2D eigenvalue weighted by molar-refractivity contribution is -0.145. The van der Waals surface area contributed by atoms with E-state index in [1.54, 1.807) is 42.5 Å². The summed E-state index contributed by atoms with van der Waals surface area (Å²) in [5.74, 6) is 1.11. The molecule has 3 aromatic rings. The lowest BCUT2D eigenvalue weighted by Gasteiger charge is -2.05. The molecule has 0 spiro atoms. The molecule has 1 aromatic carbocycles. The fourth-order valence-electron chi connectivity index (χ4n) is 1.88. The van der Waals surface area contributed by atoms with Crippen LogP contribution in [0.15, 0.2) is 46.2 Å². The molecule has 3 rings (SSSR count). The van der Waals surface area contributed by atoms with Crippen molar-refractivity contribution in [3.05, 3.63) is 41.8 Å². The van der Waals surface area contributed by atoms with Crippen molar-refractivity contribution in [2.75, 3.05) is 13.2 Å². The maximum atomic E-state index is 11.2. The van der Waals surface area contributed by atoms with Crippen molar-refractivity contribution in [2.24, 2.45) is 0 Å². The van der Waals surface area contributed by atoms with E-state index in [4.69, 9.17) is 13.9 Å². The first-order valence-electron chi connectivity index (χ1n) is 7.02. The standard InChI is InChI=1S/C16H14N2O4S/c1-2-20-14(19)10-21-12-7-5-11(6-8-12)15-17-18-16(22-15)13-4-3-9-23-13/h3-9H,2,10H2,1H3. The van der Waals surface area contributed by atoms with Crippen molar-refractivity contribution >= 4 is 17.3 Å². The minimum absolute atomic E-state index is 0.115. The molecule has 0 saturated carbocycles. The number of aromatic nitrogens is 2. The quantitative estimate of drug-likeness (QED) is 0.645. The molecule has 7 heteroatoms. The van der Waals surface area contributed by atoms with Gasteiger partial charge in [-0.15, -0.1) is 21.5 Å². The third kappa shape index (κ3) is 3.75. The summed E-state index contributed by atoms with van der Waals surface area (Å²) in [6.07, 6.45) is 0. The van der Waals surface area contributed by atoms with E-state index in [2.05, 4.69) is 10.2 Å². The number of hydrogen-bond acceptors (Lipinski definition) is 7. The summed E-state index contributed by atoms with van der Waals surface area (Å²) in [7, 11) is 0. The summed E-state index contributed by atoms with van der Waals surface area (Å²) in [6, 6.07) is 10.9. The smallest absolute Gasteiger partial charge is 0.344 e. The number of nitrogens with zero attached hydrogens (tertiary/aromatic N) is 2. The van der Waals surface area contributed by atoms with E-state index in [1.807, 2.05) is 17.5 Å². The average Bonchev–Trinajstić information content (AvgIpc) is 3.25. The molecule has 6 nitrogen and oxygen atoms in total. The van der Waals surface area contributed by atoms with Gasteiger partial charge >= 0.3 is 5.97 Å². The number of carbonyl (C=O) groups excluding carboxylic acids is 1. The van der Waals surface area contributed by atoms with Crippen molar-refractivity contribution in [1.29, 1.82) is 0 Å². The minimum atomic E-state index is -0.394. The average molecular weight is 330 g/mol. The first kappa shape index (κ1) is 15.2. The Kier molecular flexibility index (Phi) is 4.68. The van der Waals surface area contributed by atoms with Crippen LogP contribution in [0.1, 0.15) is 6.92 Å². The summed E-state index contributed by atoms with van der Waals surface area (Å²) in [5.41, 5.74) is 0.781. The maximum Gasteiger partial charge on any atom is 0.344 e. The summed E-state index contributed by atoms with van der Waals surface area (Å²) in [6.45, 7) is 1.97. The monoisotopic (exact) mass is 330 g/mol. The van der Waals surface area contributed by atoms with Crippen LogP contribution < -0.4 is 4.74 Å². The van der Waals surface area contributed by atoms with Gasteiger partial charge in [0.05, 0.1) is 11.5 Å². The number of benzene rings is 1. The van der Waals surface area contributed by atoms with Crippen molar-refractivity contribution in [3.8, 4) is 28.0 Å². The molecule has 23 heavy (non-hydrogen) atoms. The number of hydrogen-bond donors (Lipinski definition) is 0. The van der Waals surface area contributed by atoms with Crippen molar-refractivity contribution in [2.45, 2.75) is 6.92 Å².